The number of esters is 1. The van der Waals surface area contributed by atoms with Crippen molar-refractivity contribution in [3.8, 4) is 0 Å². The molecule has 0 saturated heterocycles. The molecule has 0 bridgehead atoms. The Morgan fingerprint density at radius 2 is 1.79 bits per heavy atom. The molecule has 1 aromatic heterocycles. The van der Waals surface area contributed by atoms with Crippen molar-refractivity contribution < 1.29 is 14.3 Å². The minimum Gasteiger partial charge on any atom is -0.455 e. The monoisotopic (exact) mass is 393 g/mol. The summed E-state index contributed by atoms with van der Waals surface area (Å²) in [6.45, 7) is 3.74. The van der Waals surface area contributed by atoms with Gasteiger partial charge < -0.3 is 10.1 Å². The maximum absolute atomic E-state index is 12.4. The highest BCUT2D eigenvalue weighted by atomic mass is 32.1. The van der Waals surface area contributed by atoms with Crippen LogP contribution in [0.15, 0.2) is 66.0 Å². The van der Waals surface area contributed by atoms with Gasteiger partial charge in [-0.1, -0.05) is 54.6 Å². The van der Waals surface area contributed by atoms with Crippen LogP contribution in [0.3, 0.4) is 0 Å². The number of rotatable bonds is 7. The Balaban J connectivity index is 1.57. The van der Waals surface area contributed by atoms with Crippen molar-refractivity contribution in [2.75, 3.05) is 6.61 Å². The van der Waals surface area contributed by atoms with Gasteiger partial charge in [0.15, 0.2) is 6.61 Å². The van der Waals surface area contributed by atoms with E-state index in [1.165, 1.54) is 5.56 Å². The first-order chi connectivity index (χ1) is 13.5. The zero-order valence-electron chi connectivity index (χ0n) is 16.0. The fourth-order valence-corrected chi connectivity index (χ4v) is 3.70. The first-order valence-electron chi connectivity index (χ1n) is 9.12. The number of nitrogens with one attached hydrogen (secondary N) is 1. The number of carbonyl (C=O) groups is 2. The van der Waals surface area contributed by atoms with Gasteiger partial charge in [-0.15, -0.1) is 11.3 Å². The summed E-state index contributed by atoms with van der Waals surface area (Å²) in [6.07, 6.45) is 0.154. The molecule has 1 amide bonds. The molecule has 0 aliphatic carbocycles. The zero-order valence-corrected chi connectivity index (χ0v) is 16.8. The molecule has 0 aliphatic rings. The van der Waals surface area contributed by atoms with Crippen molar-refractivity contribution in [1.29, 1.82) is 0 Å². The topological polar surface area (TPSA) is 55.4 Å². The van der Waals surface area contributed by atoms with Crippen LogP contribution in [0, 0.1) is 13.8 Å². The summed E-state index contributed by atoms with van der Waals surface area (Å²) in [7, 11) is 0. The number of hydrogen-bond donors (Lipinski definition) is 1. The average Bonchev–Trinajstić information content (AvgIpc) is 3.22. The van der Waals surface area contributed by atoms with Gasteiger partial charge in [0.2, 0.25) is 0 Å². The number of benzene rings is 2. The summed E-state index contributed by atoms with van der Waals surface area (Å²) in [5, 5.41) is 4.94. The van der Waals surface area contributed by atoms with E-state index in [-0.39, 0.29) is 25.0 Å². The molecule has 3 rings (SSSR count). The molecule has 2 aromatic carbocycles. The largest absolute Gasteiger partial charge is 0.455 e. The summed E-state index contributed by atoms with van der Waals surface area (Å²) < 4.78 is 5.18. The third-order valence-corrected chi connectivity index (χ3v) is 5.49. The second-order valence-corrected chi connectivity index (χ2v) is 7.66. The molecular weight excluding hydrogens is 370 g/mol. The molecule has 0 spiro atoms. The second kappa shape index (κ2) is 9.33. The van der Waals surface area contributed by atoms with E-state index in [9.17, 15) is 9.59 Å². The molecule has 0 unspecified atom stereocenters. The van der Waals surface area contributed by atoms with Crippen molar-refractivity contribution in [1.82, 2.24) is 5.32 Å². The van der Waals surface area contributed by atoms with Gasteiger partial charge in [-0.3, -0.25) is 9.59 Å². The molecule has 0 fully saturated rings. The molecule has 0 saturated carbocycles. The zero-order chi connectivity index (χ0) is 19.9. The maximum atomic E-state index is 12.4. The third-order valence-electron chi connectivity index (χ3n) is 4.55. The Morgan fingerprint density at radius 1 is 1.00 bits per heavy atom. The lowest BCUT2D eigenvalue weighted by atomic mass is 10.0. The minimum absolute atomic E-state index is 0.154. The molecule has 0 aliphatic heterocycles. The van der Waals surface area contributed by atoms with E-state index in [1.807, 2.05) is 79.9 Å². The summed E-state index contributed by atoms with van der Waals surface area (Å²) in [4.78, 5) is 25.5. The molecule has 1 atom stereocenters. The Kier molecular flexibility index (Phi) is 6.61. The SMILES string of the molecule is Cc1ccc(CC(=O)OCC(=O)N[C@H](c2ccccc2)c2cccs2)cc1C. The maximum Gasteiger partial charge on any atom is 0.310 e. The third kappa shape index (κ3) is 5.30. The van der Waals surface area contributed by atoms with Gasteiger partial charge in [0.05, 0.1) is 12.5 Å². The van der Waals surface area contributed by atoms with Crippen molar-refractivity contribution >= 4 is 23.2 Å². The summed E-state index contributed by atoms with van der Waals surface area (Å²) in [6, 6.07) is 19.3. The van der Waals surface area contributed by atoms with E-state index < -0.39 is 5.97 Å². The first-order valence-corrected chi connectivity index (χ1v) is 10.0. The highest BCUT2D eigenvalue weighted by Gasteiger charge is 2.18. The average molecular weight is 394 g/mol. The lowest BCUT2D eigenvalue weighted by Gasteiger charge is -2.18. The number of amides is 1. The number of ether oxygens (including phenoxy) is 1. The fourth-order valence-electron chi connectivity index (χ4n) is 2.90. The quantitative estimate of drug-likeness (QED) is 0.607. The van der Waals surface area contributed by atoms with Crippen molar-refractivity contribution in [3.05, 3.63) is 93.2 Å². The summed E-state index contributed by atoms with van der Waals surface area (Å²) in [5.74, 6) is -0.735. The van der Waals surface area contributed by atoms with Gasteiger partial charge >= 0.3 is 5.97 Å². The Labute approximate surface area is 169 Å². The molecule has 3 aromatic rings. The van der Waals surface area contributed by atoms with Crippen molar-refractivity contribution in [2.45, 2.75) is 26.3 Å². The highest BCUT2D eigenvalue weighted by Crippen LogP contribution is 2.25. The normalized spacial score (nSPS) is 11.6. The van der Waals surface area contributed by atoms with Crippen LogP contribution in [-0.2, 0) is 20.7 Å². The summed E-state index contributed by atoms with van der Waals surface area (Å²) >= 11 is 1.57. The predicted molar refractivity (Wildman–Crippen MR) is 111 cm³/mol. The Hall–Kier alpha value is -2.92. The fraction of sp³-hybridized carbons (Fsp3) is 0.217. The minimum atomic E-state index is -0.411. The molecule has 28 heavy (non-hydrogen) atoms. The number of hydrogen-bond acceptors (Lipinski definition) is 4. The van der Waals surface area contributed by atoms with E-state index in [4.69, 9.17) is 4.74 Å². The van der Waals surface area contributed by atoms with Gasteiger partial charge in [0, 0.05) is 4.88 Å². The van der Waals surface area contributed by atoms with Crippen LogP contribution in [0.1, 0.15) is 33.2 Å². The second-order valence-electron chi connectivity index (χ2n) is 6.68. The standard InChI is InChI=1S/C23H23NO3S/c1-16-10-11-18(13-17(16)2)14-22(26)27-15-21(25)24-23(20-9-6-12-28-20)19-7-4-3-5-8-19/h3-13,23H,14-15H2,1-2H3,(H,24,25)/t23-/m1/s1. The highest BCUT2D eigenvalue weighted by molar-refractivity contribution is 7.10. The van der Waals surface area contributed by atoms with Gasteiger partial charge in [-0.2, -0.15) is 0 Å². The van der Waals surface area contributed by atoms with Crippen molar-refractivity contribution in [3.63, 3.8) is 0 Å². The van der Waals surface area contributed by atoms with Crippen LogP contribution in [0.2, 0.25) is 0 Å². The molecule has 1 heterocycles. The Morgan fingerprint density at radius 3 is 2.46 bits per heavy atom. The van der Waals surface area contributed by atoms with Gasteiger partial charge in [-0.25, -0.2) is 0 Å². The number of aryl methyl sites for hydroxylation is 2. The van der Waals surface area contributed by atoms with Crippen LogP contribution in [0.5, 0.6) is 0 Å². The molecular formula is C23H23NO3S. The van der Waals surface area contributed by atoms with Crippen LogP contribution < -0.4 is 5.32 Å². The lowest BCUT2D eigenvalue weighted by molar-refractivity contribution is -0.148. The smallest absolute Gasteiger partial charge is 0.310 e. The van der Waals surface area contributed by atoms with Gasteiger partial charge in [-0.05, 0) is 47.5 Å². The molecule has 0 radical (unpaired) electrons. The van der Waals surface area contributed by atoms with Gasteiger partial charge in [0.1, 0.15) is 0 Å². The van der Waals surface area contributed by atoms with E-state index in [1.54, 1.807) is 11.3 Å². The van der Waals surface area contributed by atoms with Crippen LogP contribution in [0.4, 0.5) is 0 Å². The first kappa shape index (κ1) is 19.8. The van der Waals surface area contributed by atoms with E-state index in [0.717, 1.165) is 21.6 Å². The van der Waals surface area contributed by atoms with E-state index >= 15 is 0 Å². The molecule has 5 heteroatoms. The molecule has 1 N–H and O–H groups in total. The summed E-state index contributed by atoms with van der Waals surface area (Å²) in [5.41, 5.74) is 4.18. The van der Waals surface area contributed by atoms with Gasteiger partial charge in [0.25, 0.3) is 5.91 Å². The van der Waals surface area contributed by atoms with E-state index in [2.05, 4.69) is 5.32 Å². The lowest BCUT2D eigenvalue weighted by Crippen LogP contribution is -2.32. The van der Waals surface area contributed by atoms with Crippen LogP contribution in [0.25, 0.3) is 0 Å². The number of thiophene rings is 1. The van der Waals surface area contributed by atoms with Crippen LogP contribution in [-0.4, -0.2) is 18.5 Å². The van der Waals surface area contributed by atoms with E-state index in [0.29, 0.717) is 0 Å². The molecule has 144 valence electrons. The van der Waals surface area contributed by atoms with Crippen molar-refractivity contribution in [2.24, 2.45) is 0 Å². The van der Waals surface area contributed by atoms with Crippen LogP contribution >= 0.6 is 11.3 Å². The Bertz CT molecular complexity index is 936. The molecule has 4 nitrogen and oxygen atoms in total. The predicted octanol–water partition coefficient (Wildman–Crippen LogP) is 4.36. The number of carbonyl (C=O) groups excluding carboxylic acids is 2.